The Balaban J connectivity index is 2.23. The third kappa shape index (κ3) is 3.69. The summed E-state index contributed by atoms with van der Waals surface area (Å²) in [6, 6.07) is 9.80. The molecule has 2 rings (SSSR count). The average molecular weight is 345 g/mol. The molecule has 0 saturated carbocycles. The van der Waals surface area contributed by atoms with Crippen LogP contribution in [-0.4, -0.2) is 7.05 Å². The first-order valence-corrected chi connectivity index (χ1v) is 6.83. The van der Waals surface area contributed by atoms with Gasteiger partial charge in [0.1, 0.15) is 17.3 Å². The van der Waals surface area contributed by atoms with Crippen LogP contribution in [0.4, 0.5) is 4.39 Å². The summed E-state index contributed by atoms with van der Waals surface area (Å²) in [5.41, 5.74) is 1.07. The molecule has 0 fully saturated rings. The van der Waals surface area contributed by atoms with Crippen molar-refractivity contribution in [2.45, 2.75) is 6.54 Å². The van der Waals surface area contributed by atoms with Crippen molar-refractivity contribution in [1.82, 2.24) is 5.32 Å². The molecule has 0 heterocycles. The second kappa shape index (κ2) is 6.37. The highest BCUT2D eigenvalue weighted by atomic mass is 79.9. The number of rotatable bonds is 4. The van der Waals surface area contributed by atoms with Crippen molar-refractivity contribution in [3.05, 3.63) is 57.3 Å². The van der Waals surface area contributed by atoms with Gasteiger partial charge < -0.3 is 10.1 Å². The van der Waals surface area contributed by atoms with E-state index >= 15 is 0 Å². The maximum Gasteiger partial charge on any atom is 0.146 e. The number of halogens is 3. The van der Waals surface area contributed by atoms with Crippen molar-refractivity contribution in [3.8, 4) is 11.5 Å². The lowest BCUT2D eigenvalue weighted by Crippen LogP contribution is -2.04. The molecule has 2 aromatic carbocycles. The van der Waals surface area contributed by atoms with Gasteiger partial charge in [-0.2, -0.15) is 0 Å². The molecule has 0 aliphatic rings. The molecule has 0 bridgehead atoms. The molecule has 0 aliphatic carbocycles. The van der Waals surface area contributed by atoms with E-state index < -0.39 is 0 Å². The van der Waals surface area contributed by atoms with E-state index in [0.717, 1.165) is 12.1 Å². The average Bonchev–Trinajstić information content (AvgIpc) is 2.36. The molecule has 0 aliphatic heterocycles. The largest absolute Gasteiger partial charge is 0.455 e. The Kier molecular flexibility index (Phi) is 4.80. The SMILES string of the molecule is CNCc1ccc(Oc2ccc(F)cc2Br)c(Cl)c1. The Labute approximate surface area is 124 Å². The Morgan fingerprint density at radius 3 is 2.58 bits per heavy atom. The van der Waals surface area contributed by atoms with Gasteiger partial charge in [-0.1, -0.05) is 17.7 Å². The molecular formula is C14H12BrClFNO. The molecular weight excluding hydrogens is 333 g/mol. The zero-order valence-electron chi connectivity index (χ0n) is 10.2. The minimum absolute atomic E-state index is 0.324. The van der Waals surface area contributed by atoms with E-state index in [0.29, 0.717) is 21.0 Å². The number of ether oxygens (including phenoxy) is 1. The highest BCUT2D eigenvalue weighted by Gasteiger charge is 2.08. The molecule has 2 nitrogen and oxygen atoms in total. The minimum Gasteiger partial charge on any atom is -0.455 e. The van der Waals surface area contributed by atoms with Crippen molar-refractivity contribution in [1.29, 1.82) is 0 Å². The first kappa shape index (κ1) is 14.3. The van der Waals surface area contributed by atoms with Gasteiger partial charge in [-0.05, 0) is 58.9 Å². The van der Waals surface area contributed by atoms with Crippen LogP contribution in [0.15, 0.2) is 40.9 Å². The monoisotopic (exact) mass is 343 g/mol. The topological polar surface area (TPSA) is 21.3 Å². The van der Waals surface area contributed by atoms with Gasteiger partial charge in [0, 0.05) is 6.54 Å². The van der Waals surface area contributed by atoms with Crippen molar-refractivity contribution in [2.75, 3.05) is 7.05 Å². The Bertz CT molecular complexity index is 592. The lowest BCUT2D eigenvalue weighted by molar-refractivity contribution is 0.477. The van der Waals surface area contributed by atoms with Gasteiger partial charge in [0.2, 0.25) is 0 Å². The van der Waals surface area contributed by atoms with Crippen molar-refractivity contribution in [3.63, 3.8) is 0 Å². The molecule has 0 atom stereocenters. The van der Waals surface area contributed by atoms with Crippen LogP contribution in [0, 0.1) is 5.82 Å². The van der Waals surface area contributed by atoms with Crippen LogP contribution in [0.2, 0.25) is 5.02 Å². The Morgan fingerprint density at radius 2 is 1.95 bits per heavy atom. The Hall–Kier alpha value is -1.10. The third-order valence-corrected chi connectivity index (χ3v) is 3.41. The van der Waals surface area contributed by atoms with Crippen LogP contribution in [-0.2, 0) is 6.54 Å². The van der Waals surface area contributed by atoms with E-state index in [4.69, 9.17) is 16.3 Å². The highest BCUT2D eigenvalue weighted by Crippen LogP contribution is 2.34. The third-order valence-electron chi connectivity index (χ3n) is 2.49. The summed E-state index contributed by atoms with van der Waals surface area (Å²) in [5.74, 6) is 0.730. The fourth-order valence-electron chi connectivity index (χ4n) is 1.62. The number of benzene rings is 2. The lowest BCUT2D eigenvalue weighted by atomic mass is 10.2. The van der Waals surface area contributed by atoms with Gasteiger partial charge in [-0.15, -0.1) is 0 Å². The van der Waals surface area contributed by atoms with E-state index in [1.165, 1.54) is 12.1 Å². The van der Waals surface area contributed by atoms with Gasteiger partial charge in [-0.3, -0.25) is 0 Å². The van der Waals surface area contributed by atoms with Crippen LogP contribution in [0.1, 0.15) is 5.56 Å². The predicted octanol–water partition coefficient (Wildman–Crippen LogP) is 4.75. The number of hydrogen-bond acceptors (Lipinski definition) is 2. The molecule has 0 spiro atoms. The molecule has 0 radical (unpaired) electrons. The molecule has 2 aromatic rings. The number of nitrogens with one attached hydrogen (secondary N) is 1. The van der Waals surface area contributed by atoms with Crippen LogP contribution >= 0.6 is 27.5 Å². The first-order chi connectivity index (χ1) is 9.10. The van der Waals surface area contributed by atoms with Gasteiger partial charge >= 0.3 is 0 Å². The summed E-state index contributed by atoms with van der Waals surface area (Å²) in [7, 11) is 1.87. The van der Waals surface area contributed by atoms with Crippen molar-refractivity contribution in [2.24, 2.45) is 0 Å². The number of hydrogen-bond donors (Lipinski definition) is 1. The molecule has 100 valence electrons. The van der Waals surface area contributed by atoms with Crippen molar-refractivity contribution >= 4 is 27.5 Å². The van der Waals surface area contributed by atoms with E-state index in [1.54, 1.807) is 12.1 Å². The second-order valence-corrected chi connectivity index (χ2v) is 5.23. The smallest absolute Gasteiger partial charge is 0.146 e. The van der Waals surface area contributed by atoms with Gasteiger partial charge in [-0.25, -0.2) is 4.39 Å². The van der Waals surface area contributed by atoms with Crippen molar-refractivity contribution < 1.29 is 9.13 Å². The molecule has 0 aromatic heterocycles. The van der Waals surface area contributed by atoms with E-state index in [-0.39, 0.29) is 5.82 Å². The quantitative estimate of drug-likeness (QED) is 0.864. The van der Waals surface area contributed by atoms with Crippen LogP contribution in [0.25, 0.3) is 0 Å². The second-order valence-electron chi connectivity index (χ2n) is 3.97. The predicted molar refractivity (Wildman–Crippen MR) is 78.4 cm³/mol. The summed E-state index contributed by atoms with van der Waals surface area (Å²) in [6.45, 7) is 0.736. The van der Waals surface area contributed by atoms with Gasteiger partial charge in [0.15, 0.2) is 0 Å². The van der Waals surface area contributed by atoms with Gasteiger partial charge in [0.05, 0.1) is 9.50 Å². The van der Waals surface area contributed by atoms with E-state index in [9.17, 15) is 4.39 Å². The van der Waals surface area contributed by atoms with Crippen LogP contribution < -0.4 is 10.1 Å². The summed E-state index contributed by atoms with van der Waals surface area (Å²) in [6.07, 6.45) is 0. The first-order valence-electron chi connectivity index (χ1n) is 5.66. The Morgan fingerprint density at radius 1 is 1.21 bits per heavy atom. The zero-order valence-corrected chi connectivity index (χ0v) is 12.6. The maximum atomic E-state index is 13.0. The van der Waals surface area contributed by atoms with E-state index in [1.807, 2.05) is 19.2 Å². The molecule has 0 saturated heterocycles. The zero-order chi connectivity index (χ0) is 13.8. The fraction of sp³-hybridized carbons (Fsp3) is 0.143. The summed E-state index contributed by atoms with van der Waals surface area (Å²) in [4.78, 5) is 0. The fourth-order valence-corrected chi connectivity index (χ4v) is 2.29. The standard InChI is InChI=1S/C14H12BrClFNO/c1-18-8-9-2-4-14(12(16)6-9)19-13-5-3-10(17)7-11(13)15/h2-7,18H,8H2,1H3. The summed E-state index contributed by atoms with van der Waals surface area (Å²) >= 11 is 9.41. The molecule has 1 N–H and O–H groups in total. The molecule has 19 heavy (non-hydrogen) atoms. The summed E-state index contributed by atoms with van der Waals surface area (Å²) < 4.78 is 19.2. The molecule has 0 unspecified atom stereocenters. The minimum atomic E-state index is -0.324. The normalized spacial score (nSPS) is 10.5. The molecule has 5 heteroatoms. The molecule has 0 amide bonds. The van der Waals surface area contributed by atoms with Crippen LogP contribution in [0.3, 0.4) is 0 Å². The van der Waals surface area contributed by atoms with Gasteiger partial charge in [0.25, 0.3) is 0 Å². The summed E-state index contributed by atoms with van der Waals surface area (Å²) in [5, 5.41) is 3.56. The lowest BCUT2D eigenvalue weighted by Gasteiger charge is -2.10. The highest BCUT2D eigenvalue weighted by molar-refractivity contribution is 9.10. The maximum absolute atomic E-state index is 13.0. The van der Waals surface area contributed by atoms with E-state index in [2.05, 4.69) is 21.2 Å². The van der Waals surface area contributed by atoms with Crippen LogP contribution in [0.5, 0.6) is 11.5 Å².